The van der Waals surface area contributed by atoms with Crippen molar-refractivity contribution in [1.82, 2.24) is 15.5 Å². The predicted molar refractivity (Wildman–Crippen MR) is 111 cm³/mol. The van der Waals surface area contributed by atoms with E-state index >= 15 is 0 Å². The van der Waals surface area contributed by atoms with Crippen LogP contribution >= 0.6 is 35.7 Å². The summed E-state index contributed by atoms with van der Waals surface area (Å²) in [6.07, 6.45) is 6.53. The summed E-state index contributed by atoms with van der Waals surface area (Å²) in [6, 6.07) is 0.424. The van der Waals surface area contributed by atoms with E-state index in [1.54, 1.807) is 0 Å². The van der Waals surface area contributed by atoms with Gasteiger partial charge in [-0.05, 0) is 44.6 Å². The van der Waals surface area contributed by atoms with E-state index in [1.807, 2.05) is 11.8 Å². The maximum atomic E-state index is 10.9. The average Bonchev–Trinajstić information content (AvgIpc) is 2.48. The fraction of sp³-hybridized carbons (Fsp3) is 0.867. The summed E-state index contributed by atoms with van der Waals surface area (Å²) in [6.45, 7) is 6.02. The van der Waals surface area contributed by atoms with Crippen molar-refractivity contribution in [2.45, 2.75) is 38.6 Å². The molecular weight excluding hydrogens is 425 g/mol. The van der Waals surface area contributed by atoms with Gasteiger partial charge in [0.1, 0.15) is 0 Å². The number of unbranched alkanes of at least 4 members (excludes halogenated alkanes) is 1. The molecule has 0 saturated carbocycles. The Balaban J connectivity index is 0.00000484. The number of nitrogens with one attached hydrogen (secondary N) is 2. The van der Waals surface area contributed by atoms with Crippen molar-refractivity contribution < 1.29 is 4.79 Å². The molecular formula is C15H32IN5OS. The van der Waals surface area contributed by atoms with E-state index in [1.165, 1.54) is 12.2 Å². The van der Waals surface area contributed by atoms with Gasteiger partial charge in [-0.3, -0.25) is 14.7 Å². The summed E-state index contributed by atoms with van der Waals surface area (Å²) < 4.78 is 0. The summed E-state index contributed by atoms with van der Waals surface area (Å²) in [5.74, 6) is 1.88. The van der Waals surface area contributed by atoms with Crippen LogP contribution in [0.3, 0.4) is 0 Å². The Morgan fingerprint density at radius 3 is 2.61 bits per heavy atom. The first-order valence-corrected chi connectivity index (χ1v) is 9.59. The van der Waals surface area contributed by atoms with Crippen molar-refractivity contribution in [3.63, 3.8) is 0 Å². The van der Waals surface area contributed by atoms with Gasteiger partial charge in [0.15, 0.2) is 5.96 Å². The third-order valence-electron chi connectivity index (χ3n) is 3.68. The van der Waals surface area contributed by atoms with Gasteiger partial charge in [0.05, 0.1) is 6.54 Å². The van der Waals surface area contributed by atoms with Crippen LogP contribution in [0.25, 0.3) is 0 Å². The Bertz CT molecular complexity index is 349. The Morgan fingerprint density at radius 1 is 1.35 bits per heavy atom. The van der Waals surface area contributed by atoms with Crippen molar-refractivity contribution in [3.8, 4) is 0 Å². The van der Waals surface area contributed by atoms with Crippen LogP contribution in [0.5, 0.6) is 0 Å². The zero-order valence-corrected chi connectivity index (χ0v) is 17.5. The van der Waals surface area contributed by atoms with E-state index < -0.39 is 0 Å². The van der Waals surface area contributed by atoms with Gasteiger partial charge in [0.2, 0.25) is 5.91 Å². The first-order valence-electron chi connectivity index (χ1n) is 8.20. The molecule has 0 aromatic carbocycles. The van der Waals surface area contributed by atoms with E-state index in [0.29, 0.717) is 12.6 Å². The van der Waals surface area contributed by atoms with E-state index in [9.17, 15) is 4.79 Å². The largest absolute Gasteiger partial charge is 0.369 e. The molecule has 1 heterocycles. The van der Waals surface area contributed by atoms with Gasteiger partial charge in [-0.25, -0.2) is 0 Å². The molecule has 0 bridgehead atoms. The molecule has 1 fully saturated rings. The SMILES string of the molecule is CCNC(=NCCCCSC)NC1CCN(CC(N)=O)CC1.I. The summed E-state index contributed by atoms with van der Waals surface area (Å²) in [5.41, 5.74) is 5.24. The number of aliphatic imine (C=N–C) groups is 1. The molecule has 8 heteroatoms. The molecule has 1 amide bonds. The molecule has 6 nitrogen and oxygen atoms in total. The molecule has 0 aromatic rings. The number of thioether (sulfide) groups is 1. The number of likely N-dealkylation sites (tertiary alicyclic amines) is 1. The molecule has 0 atom stereocenters. The molecule has 0 radical (unpaired) electrons. The maximum absolute atomic E-state index is 10.9. The fourth-order valence-corrected chi connectivity index (χ4v) is 3.01. The summed E-state index contributed by atoms with van der Waals surface area (Å²) in [4.78, 5) is 17.7. The number of halogens is 1. The Morgan fingerprint density at radius 2 is 2.04 bits per heavy atom. The van der Waals surface area contributed by atoms with Gasteiger partial charge >= 0.3 is 0 Å². The highest BCUT2D eigenvalue weighted by Crippen LogP contribution is 2.09. The van der Waals surface area contributed by atoms with Crippen LogP contribution in [0.15, 0.2) is 4.99 Å². The van der Waals surface area contributed by atoms with E-state index in [-0.39, 0.29) is 29.9 Å². The number of primary amides is 1. The van der Waals surface area contributed by atoms with Crippen LogP contribution in [0.2, 0.25) is 0 Å². The fourth-order valence-electron chi connectivity index (χ4n) is 2.52. The molecule has 0 spiro atoms. The van der Waals surface area contributed by atoms with Crippen LogP contribution < -0.4 is 16.4 Å². The van der Waals surface area contributed by atoms with Crippen LogP contribution in [0.1, 0.15) is 32.6 Å². The lowest BCUT2D eigenvalue weighted by atomic mass is 10.1. The zero-order valence-electron chi connectivity index (χ0n) is 14.3. The lowest BCUT2D eigenvalue weighted by Crippen LogP contribution is -2.49. The first kappa shape index (κ1) is 22.8. The van der Waals surface area contributed by atoms with Crippen LogP contribution in [0.4, 0.5) is 0 Å². The maximum Gasteiger partial charge on any atom is 0.231 e. The third-order valence-corrected chi connectivity index (χ3v) is 4.38. The minimum Gasteiger partial charge on any atom is -0.369 e. The van der Waals surface area contributed by atoms with Gasteiger partial charge in [0.25, 0.3) is 0 Å². The number of nitrogens with two attached hydrogens (primary N) is 1. The van der Waals surface area contributed by atoms with E-state index in [4.69, 9.17) is 5.73 Å². The van der Waals surface area contributed by atoms with Gasteiger partial charge < -0.3 is 16.4 Å². The number of hydrogen-bond acceptors (Lipinski definition) is 4. The normalized spacial score (nSPS) is 16.7. The number of guanidine groups is 1. The van der Waals surface area contributed by atoms with Gasteiger partial charge in [-0.15, -0.1) is 24.0 Å². The Hall–Kier alpha value is -0.220. The molecule has 0 aromatic heterocycles. The molecule has 1 rings (SSSR count). The second-order valence-corrected chi connectivity index (χ2v) is 6.61. The molecule has 0 aliphatic carbocycles. The van der Waals surface area contributed by atoms with Crippen molar-refractivity contribution in [3.05, 3.63) is 0 Å². The number of piperidine rings is 1. The third kappa shape index (κ3) is 11.0. The molecule has 136 valence electrons. The predicted octanol–water partition coefficient (Wildman–Crippen LogP) is 1.25. The van der Waals surface area contributed by atoms with Crippen molar-refractivity contribution in [2.24, 2.45) is 10.7 Å². The number of nitrogens with zero attached hydrogens (tertiary/aromatic N) is 2. The van der Waals surface area contributed by atoms with Crippen LogP contribution in [-0.4, -0.2) is 67.5 Å². The highest BCUT2D eigenvalue weighted by molar-refractivity contribution is 14.0. The van der Waals surface area contributed by atoms with Crippen molar-refractivity contribution in [2.75, 3.05) is 44.7 Å². The highest BCUT2D eigenvalue weighted by Gasteiger charge is 2.20. The van der Waals surface area contributed by atoms with Crippen molar-refractivity contribution in [1.29, 1.82) is 0 Å². The van der Waals surface area contributed by atoms with Crippen LogP contribution in [-0.2, 0) is 4.79 Å². The second-order valence-electron chi connectivity index (χ2n) is 5.62. The summed E-state index contributed by atoms with van der Waals surface area (Å²) in [7, 11) is 0. The number of amides is 1. The number of hydrogen-bond donors (Lipinski definition) is 3. The molecule has 4 N–H and O–H groups in total. The first-order chi connectivity index (χ1) is 10.7. The molecule has 1 aliphatic rings. The number of rotatable bonds is 9. The molecule has 1 saturated heterocycles. The van der Waals surface area contributed by atoms with Gasteiger partial charge in [-0.1, -0.05) is 0 Å². The van der Waals surface area contributed by atoms with Crippen molar-refractivity contribution >= 4 is 47.6 Å². The number of carbonyl (C=O) groups is 1. The molecule has 23 heavy (non-hydrogen) atoms. The quantitative estimate of drug-likeness (QED) is 0.210. The monoisotopic (exact) mass is 457 g/mol. The number of carbonyl (C=O) groups excluding carboxylic acids is 1. The van der Waals surface area contributed by atoms with Gasteiger partial charge in [-0.2, -0.15) is 11.8 Å². The topological polar surface area (TPSA) is 82.8 Å². The van der Waals surface area contributed by atoms with E-state index in [0.717, 1.165) is 51.4 Å². The standard InChI is InChI=1S/C15H31N5OS.HI/c1-3-17-15(18-8-4-5-11-22-2)19-13-6-9-20(10-7-13)12-14(16)21;/h13H,3-12H2,1-2H3,(H2,16,21)(H2,17,18,19);1H. The Kier molecular flexibility index (Phi) is 14.0. The summed E-state index contributed by atoms with van der Waals surface area (Å²) >= 11 is 1.89. The van der Waals surface area contributed by atoms with Crippen LogP contribution in [0, 0.1) is 0 Å². The smallest absolute Gasteiger partial charge is 0.231 e. The van der Waals surface area contributed by atoms with Gasteiger partial charge in [0, 0.05) is 32.2 Å². The second kappa shape index (κ2) is 14.2. The molecule has 1 aliphatic heterocycles. The lowest BCUT2D eigenvalue weighted by molar-refractivity contribution is -0.119. The van der Waals surface area contributed by atoms with E-state index in [2.05, 4.69) is 33.7 Å². The summed E-state index contributed by atoms with van der Waals surface area (Å²) in [5, 5.41) is 6.82. The highest BCUT2D eigenvalue weighted by atomic mass is 127. The lowest BCUT2D eigenvalue weighted by Gasteiger charge is -2.32. The Labute approximate surface area is 161 Å². The minimum absolute atomic E-state index is 0. The minimum atomic E-state index is -0.244. The average molecular weight is 457 g/mol. The zero-order chi connectivity index (χ0) is 16.2. The molecule has 0 unspecified atom stereocenters.